The van der Waals surface area contributed by atoms with Crippen molar-refractivity contribution in [1.29, 1.82) is 0 Å². The Bertz CT molecular complexity index is 436. The van der Waals surface area contributed by atoms with Crippen LogP contribution in [0.1, 0.15) is 26.7 Å². The van der Waals surface area contributed by atoms with Crippen molar-refractivity contribution in [2.75, 3.05) is 26.2 Å². The van der Waals surface area contributed by atoms with Crippen LogP contribution in [0.25, 0.3) is 0 Å². The monoisotopic (exact) mass is 290 g/mol. The van der Waals surface area contributed by atoms with Crippen LogP contribution in [-0.2, 0) is 4.79 Å². The summed E-state index contributed by atoms with van der Waals surface area (Å²) in [5.74, 6) is 1.38. The van der Waals surface area contributed by atoms with Gasteiger partial charge in [0.2, 0.25) is 0 Å². The van der Waals surface area contributed by atoms with Crippen LogP contribution in [0.15, 0.2) is 30.3 Å². The summed E-state index contributed by atoms with van der Waals surface area (Å²) in [5, 5.41) is 3.53. The zero-order valence-corrected chi connectivity index (χ0v) is 13.0. The number of carbonyl (C=O) groups is 1. The van der Waals surface area contributed by atoms with Crippen LogP contribution in [0, 0.1) is 5.92 Å². The van der Waals surface area contributed by atoms with Gasteiger partial charge in [-0.05, 0) is 31.0 Å². The quantitative estimate of drug-likeness (QED) is 0.874. The zero-order chi connectivity index (χ0) is 15.1. The molecule has 1 aromatic carbocycles. The molecule has 0 saturated carbocycles. The number of hydrogen-bond acceptors (Lipinski definition) is 3. The van der Waals surface area contributed by atoms with Crippen molar-refractivity contribution in [2.45, 2.75) is 32.7 Å². The van der Waals surface area contributed by atoms with Crippen molar-refractivity contribution >= 4 is 5.91 Å². The average Bonchev–Trinajstić information content (AvgIpc) is 2.54. The van der Waals surface area contributed by atoms with E-state index in [0.29, 0.717) is 12.0 Å². The lowest BCUT2D eigenvalue weighted by atomic mass is 9.90. The summed E-state index contributed by atoms with van der Waals surface area (Å²) in [7, 11) is 0. The largest absolute Gasteiger partial charge is 0.484 e. The minimum absolute atomic E-state index is 0.0900. The van der Waals surface area contributed by atoms with Gasteiger partial charge in [-0.3, -0.25) is 4.79 Å². The first kappa shape index (κ1) is 15.8. The molecule has 0 aliphatic carbocycles. The molecule has 1 N–H and O–H groups in total. The predicted octanol–water partition coefficient (Wildman–Crippen LogP) is 2.30. The fourth-order valence-corrected chi connectivity index (χ4v) is 2.96. The molecule has 2 atom stereocenters. The Morgan fingerprint density at radius 2 is 2.10 bits per heavy atom. The van der Waals surface area contributed by atoms with Crippen LogP contribution in [0.5, 0.6) is 5.75 Å². The molecule has 0 spiro atoms. The smallest absolute Gasteiger partial charge is 0.260 e. The first-order chi connectivity index (χ1) is 10.2. The van der Waals surface area contributed by atoms with Crippen molar-refractivity contribution in [3.05, 3.63) is 30.3 Å². The van der Waals surface area contributed by atoms with E-state index >= 15 is 0 Å². The fourth-order valence-electron chi connectivity index (χ4n) is 2.96. The molecule has 2 unspecified atom stereocenters. The Labute approximate surface area is 127 Å². The zero-order valence-electron chi connectivity index (χ0n) is 13.0. The molecule has 1 aliphatic heterocycles. The Morgan fingerprint density at radius 3 is 2.76 bits per heavy atom. The molecule has 1 heterocycles. The van der Waals surface area contributed by atoms with Gasteiger partial charge in [-0.15, -0.1) is 0 Å². The lowest BCUT2D eigenvalue weighted by Crippen LogP contribution is -2.51. The topological polar surface area (TPSA) is 41.6 Å². The first-order valence-corrected chi connectivity index (χ1v) is 7.93. The van der Waals surface area contributed by atoms with Crippen molar-refractivity contribution in [1.82, 2.24) is 10.2 Å². The summed E-state index contributed by atoms with van der Waals surface area (Å²) >= 11 is 0. The Kier molecular flexibility index (Phi) is 6.05. The maximum atomic E-state index is 12.3. The van der Waals surface area contributed by atoms with E-state index in [1.54, 1.807) is 0 Å². The summed E-state index contributed by atoms with van der Waals surface area (Å²) in [6.07, 6.45) is 2.13. The number of hydrogen-bond donors (Lipinski definition) is 1. The van der Waals surface area contributed by atoms with Crippen molar-refractivity contribution < 1.29 is 9.53 Å². The number of para-hydroxylation sites is 1. The van der Waals surface area contributed by atoms with Gasteiger partial charge in [-0.1, -0.05) is 38.5 Å². The van der Waals surface area contributed by atoms with E-state index in [1.807, 2.05) is 35.2 Å². The van der Waals surface area contributed by atoms with Gasteiger partial charge in [0, 0.05) is 19.1 Å². The van der Waals surface area contributed by atoms with Crippen LogP contribution in [0.4, 0.5) is 0 Å². The van der Waals surface area contributed by atoms with Crippen molar-refractivity contribution in [3.8, 4) is 5.75 Å². The lowest BCUT2D eigenvalue weighted by Gasteiger charge is -2.38. The number of rotatable bonds is 6. The van der Waals surface area contributed by atoms with E-state index in [0.717, 1.165) is 38.2 Å². The fraction of sp³-hybridized carbons (Fsp3) is 0.588. The molecule has 1 aliphatic rings. The van der Waals surface area contributed by atoms with Crippen LogP contribution in [0.3, 0.4) is 0 Å². The number of ether oxygens (including phenoxy) is 1. The second kappa shape index (κ2) is 8.03. The standard InChI is InChI=1S/C17H26N2O2/c1-3-14-12-19(11-10-16(14)18-4-2)17(20)13-21-15-8-6-5-7-9-15/h5-9,14,16,18H,3-4,10-13H2,1-2H3. The van der Waals surface area contributed by atoms with E-state index in [9.17, 15) is 4.79 Å². The van der Waals surface area contributed by atoms with Gasteiger partial charge >= 0.3 is 0 Å². The highest BCUT2D eigenvalue weighted by molar-refractivity contribution is 5.77. The Hall–Kier alpha value is -1.55. The molecule has 21 heavy (non-hydrogen) atoms. The normalized spacial score (nSPS) is 22.1. The van der Waals surface area contributed by atoms with E-state index in [2.05, 4.69) is 19.2 Å². The molecule has 0 radical (unpaired) electrons. The molecule has 1 aromatic rings. The molecular formula is C17H26N2O2. The highest BCUT2D eigenvalue weighted by Gasteiger charge is 2.29. The minimum Gasteiger partial charge on any atom is -0.484 e. The molecule has 1 fully saturated rings. The third kappa shape index (κ3) is 4.46. The van der Waals surface area contributed by atoms with Gasteiger partial charge in [0.25, 0.3) is 5.91 Å². The summed E-state index contributed by atoms with van der Waals surface area (Å²) in [4.78, 5) is 14.2. The van der Waals surface area contributed by atoms with Crippen molar-refractivity contribution in [3.63, 3.8) is 0 Å². The number of nitrogens with one attached hydrogen (secondary N) is 1. The summed E-state index contributed by atoms with van der Waals surface area (Å²) in [6.45, 7) is 7.12. The third-order valence-corrected chi connectivity index (χ3v) is 4.18. The second-order valence-electron chi connectivity index (χ2n) is 5.56. The van der Waals surface area contributed by atoms with E-state index in [-0.39, 0.29) is 12.5 Å². The Balaban J connectivity index is 1.83. The molecule has 1 saturated heterocycles. The van der Waals surface area contributed by atoms with Crippen molar-refractivity contribution in [2.24, 2.45) is 5.92 Å². The van der Waals surface area contributed by atoms with Gasteiger partial charge < -0.3 is 15.0 Å². The maximum absolute atomic E-state index is 12.3. The minimum atomic E-state index is 0.0900. The molecule has 116 valence electrons. The number of amides is 1. The second-order valence-corrected chi connectivity index (χ2v) is 5.56. The number of benzene rings is 1. The highest BCUT2D eigenvalue weighted by atomic mass is 16.5. The van der Waals surface area contributed by atoms with Crippen LogP contribution in [-0.4, -0.2) is 43.1 Å². The summed E-state index contributed by atoms with van der Waals surface area (Å²) in [5.41, 5.74) is 0. The maximum Gasteiger partial charge on any atom is 0.260 e. The number of piperidine rings is 1. The SMILES string of the molecule is CCNC1CCN(C(=O)COc2ccccc2)CC1CC. The van der Waals surface area contributed by atoms with Gasteiger partial charge in [0.05, 0.1) is 0 Å². The molecule has 1 amide bonds. The first-order valence-electron chi connectivity index (χ1n) is 7.93. The van der Waals surface area contributed by atoms with Gasteiger partial charge in [-0.2, -0.15) is 0 Å². The van der Waals surface area contributed by atoms with Crippen LogP contribution >= 0.6 is 0 Å². The van der Waals surface area contributed by atoms with Gasteiger partial charge in [-0.25, -0.2) is 0 Å². The third-order valence-electron chi connectivity index (χ3n) is 4.18. The van der Waals surface area contributed by atoms with Gasteiger partial charge in [0.1, 0.15) is 5.75 Å². The molecule has 4 heteroatoms. The van der Waals surface area contributed by atoms with Gasteiger partial charge in [0.15, 0.2) is 6.61 Å². The summed E-state index contributed by atoms with van der Waals surface area (Å²) < 4.78 is 5.56. The van der Waals surface area contributed by atoms with E-state index in [1.165, 1.54) is 0 Å². The molecule has 4 nitrogen and oxygen atoms in total. The highest BCUT2D eigenvalue weighted by Crippen LogP contribution is 2.20. The molecule has 2 rings (SSSR count). The molecule has 0 aromatic heterocycles. The number of nitrogens with zero attached hydrogens (tertiary/aromatic N) is 1. The van der Waals surface area contributed by atoms with Crippen LogP contribution < -0.4 is 10.1 Å². The molecular weight excluding hydrogens is 264 g/mol. The number of likely N-dealkylation sites (tertiary alicyclic amines) is 1. The Morgan fingerprint density at radius 1 is 1.33 bits per heavy atom. The molecule has 0 bridgehead atoms. The lowest BCUT2D eigenvalue weighted by molar-refractivity contribution is -0.135. The van der Waals surface area contributed by atoms with E-state index in [4.69, 9.17) is 4.74 Å². The number of carbonyl (C=O) groups excluding carboxylic acids is 1. The van der Waals surface area contributed by atoms with Crippen LogP contribution in [0.2, 0.25) is 0 Å². The van der Waals surface area contributed by atoms with E-state index < -0.39 is 0 Å². The average molecular weight is 290 g/mol. The predicted molar refractivity (Wildman–Crippen MR) is 84.4 cm³/mol. The summed E-state index contributed by atoms with van der Waals surface area (Å²) in [6, 6.07) is 10.0.